The van der Waals surface area contributed by atoms with Crippen LogP contribution >= 0.6 is 11.8 Å². The maximum absolute atomic E-state index is 11.6. The average molecular weight is 306 g/mol. The van der Waals surface area contributed by atoms with Crippen molar-refractivity contribution in [1.82, 2.24) is 14.8 Å². The van der Waals surface area contributed by atoms with Crippen LogP contribution in [0.3, 0.4) is 0 Å². The third kappa shape index (κ3) is 2.25. The second kappa shape index (κ2) is 5.22. The van der Waals surface area contributed by atoms with E-state index in [4.69, 9.17) is 0 Å². The van der Waals surface area contributed by atoms with Gasteiger partial charge in [-0.25, -0.2) is 9.78 Å². The Morgan fingerprint density at radius 3 is 2.95 bits per heavy atom. The van der Waals surface area contributed by atoms with Gasteiger partial charge in [-0.05, 0) is 19.1 Å². The van der Waals surface area contributed by atoms with Gasteiger partial charge >= 0.3 is 5.97 Å². The largest absolute Gasteiger partial charge is 0.478 e. The fraction of sp³-hybridized carbons (Fsp3) is 0.500. The highest BCUT2D eigenvalue weighted by atomic mass is 32.2. The summed E-state index contributed by atoms with van der Waals surface area (Å²) in [5.41, 5.74) is 2.53. The molecule has 7 heteroatoms. The maximum Gasteiger partial charge on any atom is 0.339 e. The van der Waals surface area contributed by atoms with Crippen molar-refractivity contribution in [1.29, 1.82) is 0 Å². The quantitative estimate of drug-likeness (QED) is 0.934. The Morgan fingerprint density at radius 1 is 1.57 bits per heavy atom. The summed E-state index contributed by atoms with van der Waals surface area (Å²) in [6, 6.07) is 0.360. The SMILES string of the molecule is Cc1nn(C)c2ncc(C(=O)O)c(N(C)C3CCSC3)c12. The third-order valence-corrected chi connectivity index (χ3v) is 5.18. The molecule has 1 aliphatic heterocycles. The number of anilines is 1. The number of aryl methyl sites for hydroxylation is 2. The van der Waals surface area contributed by atoms with Crippen LogP contribution in [-0.4, -0.2) is 50.4 Å². The molecule has 0 radical (unpaired) electrons. The lowest BCUT2D eigenvalue weighted by atomic mass is 10.1. The molecule has 1 unspecified atom stereocenters. The van der Waals surface area contributed by atoms with Crippen LogP contribution in [-0.2, 0) is 7.05 Å². The van der Waals surface area contributed by atoms with Crippen LogP contribution < -0.4 is 4.90 Å². The minimum Gasteiger partial charge on any atom is -0.478 e. The summed E-state index contributed by atoms with van der Waals surface area (Å²) in [4.78, 5) is 18.0. The molecule has 3 rings (SSSR count). The highest BCUT2D eigenvalue weighted by Gasteiger charge is 2.27. The van der Waals surface area contributed by atoms with E-state index in [1.165, 1.54) is 6.20 Å². The standard InChI is InChI=1S/C14H18N4O2S/c1-8-11-12(17(2)9-4-5-21-7-9)10(14(19)20)6-15-13(11)18(3)16-8/h6,9H,4-5,7H2,1-3H3,(H,19,20). The number of aromatic nitrogens is 3. The molecular formula is C14H18N4O2S. The van der Waals surface area contributed by atoms with Crippen LogP contribution in [0.25, 0.3) is 11.0 Å². The fourth-order valence-corrected chi connectivity index (χ4v) is 4.19. The molecule has 1 fully saturated rings. The van der Waals surface area contributed by atoms with Crippen molar-refractivity contribution >= 4 is 34.5 Å². The number of hydrogen-bond acceptors (Lipinski definition) is 5. The first-order chi connectivity index (χ1) is 10.0. The van der Waals surface area contributed by atoms with E-state index in [1.807, 2.05) is 32.8 Å². The molecule has 0 amide bonds. The Labute approximate surface area is 127 Å². The van der Waals surface area contributed by atoms with E-state index >= 15 is 0 Å². The van der Waals surface area contributed by atoms with Crippen LogP contribution in [0.15, 0.2) is 6.20 Å². The van der Waals surface area contributed by atoms with E-state index in [0.717, 1.165) is 40.3 Å². The Kier molecular flexibility index (Phi) is 3.52. The Morgan fingerprint density at radius 2 is 2.33 bits per heavy atom. The van der Waals surface area contributed by atoms with Gasteiger partial charge in [-0.2, -0.15) is 16.9 Å². The van der Waals surface area contributed by atoms with E-state index < -0.39 is 5.97 Å². The van der Waals surface area contributed by atoms with Crippen molar-refractivity contribution in [2.24, 2.45) is 7.05 Å². The Bertz CT molecular complexity index is 707. The van der Waals surface area contributed by atoms with Crippen molar-refractivity contribution in [2.75, 3.05) is 23.5 Å². The molecule has 0 spiro atoms. The van der Waals surface area contributed by atoms with Crippen molar-refractivity contribution in [2.45, 2.75) is 19.4 Å². The molecule has 0 saturated carbocycles. The second-order valence-electron chi connectivity index (χ2n) is 5.36. The molecule has 112 valence electrons. The van der Waals surface area contributed by atoms with Gasteiger partial charge in [0.2, 0.25) is 0 Å². The lowest BCUT2D eigenvalue weighted by Gasteiger charge is -2.28. The van der Waals surface area contributed by atoms with Gasteiger partial charge in [0, 0.05) is 32.1 Å². The average Bonchev–Trinajstić information content (AvgIpc) is 3.06. The van der Waals surface area contributed by atoms with E-state index in [1.54, 1.807) is 4.68 Å². The highest BCUT2D eigenvalue weighted by Crippen LogP contribution is 2.35. The number of pyridine rings is 1. The summed E-state index contributed by atoms with van der Waals surface area (Å²) in [5.74, 6) is 1.20. The first-order valence-corrected chi connectivity index (χ1v) is 8.02. The van der Waals surface area contributed by atoms with Gasteiger partial charge in [0.15, 0.2) is 5.65 Å². The number of thioether (sulfide) groups is 1. The first-order valence-electron chi connectivity index (χ1n) is 6.87. The number of fused-ring (bicyclic) bond motifs is 1. The van der Waals surface area contributed by atoms with Crippen molar-refractivity contribution in [3.05, 3.63) is 17.5 Å². The zero-order chi connectivity index (χ0) is 15.1. The third-order valence-electron chi connectivity index (χ3n) is 4.04. The van der Waals surface area contributed by atoms with Gasteiger partial charge in [-0.3, -0.25) is 4.68 Å². The molecule has 2 aromatic heterocycles. The summed E-state index contributed by atoms with van der Waals surface area (Å²) in [7, 11) is 3.81. The van der Waals surface area contributed by atoms with E-state index in [2.05, 4.69) is 15.0 Å². The minimum atomic E-state index is -0.944. The lowest BCUT2D eigenvalue weighted by Crippen LogP contribution is -2.32. The van der Waals surface area contributed by atoms with Crippen molar-refractivity contribution in [3.8, 4) is 0 Å². The molecule has 1 aliphatic rings. The lowest BCUT2D eigenvalue weighted by molar-refractivity contribution is 0.0697. The number of nitrogens with zero attached hydrogens (tertiary/aromatic N) is 4. The summed E-state index contributed by atoms with van der Waals surface area (Å²) in [5, 5.41) is 14.7. The minimum absolute atomic E-state index is 0.248. The summed E-state index contributed by atoms with van der Waals surface area (Å²) >= 11 is 1.91. The Hall–Kier alpha value is -1.76. The number of carboxylic acids is 1. The molecule has 0 aliphatic carbocycles. The summed E-state index contributed by atoms with van der Waals surface area (Å²) in [6.45, 7) is 1.90. The first kappa shape index (κ1) is 14.2. The van der Waals surface area contributed by atoms with Gasteiger partial charge in [-0.15, -0.1) is 0 Å². The number of carboxylic acid groups (broad SMARTS) is 1. The predicted molar refractivity (Wildman–Crippen MR) is 84.3 cm³/mol. The molecule has 1 atom stereocenters. The molecule has 1 N–H and O–H groups in total. The van der Waals surface area contributed by atoms with Gasteiger partial charge in [0.1, 0.15) is 5.56 Å². The smallest absolute Gasteiger partial charge is 0.339 e. The fourth-order valence-electron chi connectivity index (χ4n) is 2.93. The van der Waals surface area contributed by atoms with Gasteiger partial charge in [0.25, 0.3) is 0 Å². The van der Waals surface area contributed by atoms with Crippen LogP contribution in [0.5, 0.6) is 0 Å². The molecule has 0 bridgehead atoms. The van der Waals surface area contributed by atoms with Crippen LogP contribution in [0.2, 0.25) is 0 Å². The number of aromatic carboxylic acids is 1. The van der Waals surface area contributed by atoms with E-state index in [0.29, 0.717) is 6.04 Å². The van der Waals surface area contributed by atoms with Crippen LogP contribution in [0.1, 0.15) is 22.5 Å². The molecule has 21 heavy (non-hydrogen) atoms. The molecule has 0 aromatic carbocycles. The molecule has 1 saturated heterocycles. The maximum atomic E-state index is 11.6. The van der Waals surface area contributed by atoms with Gasteiger partial charge < -0.3 is 10.0 Å². The number of rotatable bonds is 3. The van der Waals surface area contributed by atoms with E-state index in [9.17, 15) is 9.90 Å². The Balaban J connectivity index is 2.25. The van der Waals surface area contributed by atoms with Gasteiger partial charge in [-0.1, -0.05) is 0 Å². The highest BCUT2D eigenvalue weighted by molar-refractivity contribution is 7.99. The number of hydrogen-bond donors (Lipinski definition) is 1. The summed E-state index contributed by atoms with van der Waals surface area (Å²) in [6.07, 6.45) is 2.52. The van der Waals surface area contributed by atoms with Crippen molar-refractivity contribution in [3.63, 3.8) is 0 Å². The van der Waals surface area contributed by atoms with Gasteiger partial charge in [0.05, 0.1) is 16.8 Å². The zero-order valence-electron chi connectivity index (χ0n) is 12.3. The molecule has 3 heterocycles. The molecule has 6 nitrogen and oxygen atoms in total. The number of carbonyl (C=O) groups is 1. The van der Waals surface area contributed by atoms with Crippen molar-refractivity contribution < 1.29 is 9.90 Å². The van der Waals surface area contributed by atoms with Crippen LogP contribution in [0, 0.1) is 6.92 Å². The van der Waals surface area contributed by atoms with E-state index in [-0.39, 0.29) is 5.56 Å². The molecule has 2 aromatic rings. The molecular weight excluding hydrogens is 288 g/mol. The normalized spacial score (nSPS) is 18.3. The zero-order valence-corrected chi connectivity index (χ0v) is 13.1. The monoisotopic (exact) mass is 306 g/mol. The predicted octanol–water partition coefficient (Wildman–Crippen LogP) is 1.92. The van der Waals surface area contributed by atoms with Crippen LogP contribution in [0.4, 0.5) is 5.69 Å². The summed E-state index contributed by atoms with van der Waals surface area (Å²) < 4.78 is 1.71. The topological polar surface area (TPSA) is 71.2 Å². The second-order valence-corrected chi connectivity index (χ2v) is 6.51.